The van der Waals surface area contributed by atoms with Crippen LogP contribution in [0.5, 0.6) is 11.5 Å². The van der Waals surface area contributed by atoms with Crippen molar-refractivity contribution in [1.82, 2.24) is 10.2 Å². The van der Waals surface area contributed by atoms with Gasteiger partial charge >= 0.3 is 0 Å². The van der Waals surface area contributed by atoms with E-state index in [1.54, 1.807) is 4.90 Å². The van der Waals surface area contributed by atoms with Gasteiger partial charge in [-0.05, 0) is 55.8 Å². The fourth-order valence-corrected chi connectivity index (χ4v) is 3.05. The van der Waals surface area contributed by atoms with E-state index in [4.69, 9.17) is 10.5 Å². The van der Waals surface area contributed by atoms with Gasteiger partial charge in [-0.25, -0.2) is 4.39 Å². The SMILES string of the molecule is C[C@@H]1CN(C(=O)c2cc(Oc3ccc(CCN)cc3)ccc2F)CCN1. The molecule has 1 aliphatic rings. The average molecular weight is 357 g/mol. The summed E-state index contributed by atoms with van der Waals surface area (Å²) in [5.41, 5.74) is 6.71. The number of rotatable bonds is 5. The van der Waals surface area contributed by atoms with Crippen LogP contribution in [0.4, 0.5) is 4.39 Å². The number of hydrogen-bond acceptors (Lipinski definition) is 4. The number of carbonyl (C=O) groups is 1. The van der Waals surface area contributed by atoms with Gasteiger partial charge in [-0.3, -0.25) is 4.79 Å². The van der Waals surface area contributed by atoms with Gasteiger partial charge in [-0.15, -0.1) is 0 Å². The lowest BCUT2D eigenvalue weighted by molar-refractivity contribution is 0.0704. The van der Waals surface area contributed by atoms with Crippen molar-refractivity contribution in [3.8, 4) is 11.5 Å². The van der Waals surface area contributed by atoms with Crippen molar-refractivity contribution in [3.63, 3.8) is 0 Å². The van der Waals surface area contributed by atoms with Crippen molar-refractivity contribution in [2.75, 3.05) is 26.2 Å². The van der Waals surface area contributed by atoms with Crippen molar-refractivity contribution < 1.29 is 13.9 Å². The molecule has 0 radical (unpaired) electrons. The summed E-state index contributed by atoms with van der Waals surface area (Å²) >= 11 is 0. The summed E-state index contributed by atoms with van der Waals surface area (Å²) in [5, 5.41) is 3.27. The molecule has 3 rings (SSSR count). The number of amides is 1. The fourth-order valence-electron chi connectivity index (χ4n) is 3.05. The van der Waals surface area contributed by atoms with E-state index >= 15 is 0 Å². The van der Waals surface area contributed by atoms with Crippen LogP contribution in [0, 0.1) is 5.82 Å². The molecule has 1 saturated heterocycles. The fraction of sp³-hybridized carbons (Fsp3) is 0.350. The number of nitrogens with two attached hydrogens (primary N) is 1. The van der Waals surface area contributed by atoms with Gasteiger partial charge in [0.05, 0.1) is 5.56 Å². The van der Waals surface area contributed by atoms with E-state index in [0.717, 1.165) is 12.0 Å². The summed E-state index contributed by atoms with van der Waals surface area (Å²) in [5.74, 6) is 0.225. The number of carbonyl (C=O) groups excluding carboxylic acids is 1. The number of ether oxygens (including phenoxy) is 1. The van der Waals surface area contributed by atoms with Gasteiger partial charge in [0.25, 0.3) is 5.91 Å². The number of benzene rings is 2. The topological polar surface area (TPSA) is 67.6 Å². The zero-order valence-corrected chi connectivity index (χ0v) is 14.9. The molecular weight excluding hydrogens is 333 g/mol. The van der Waals surface area contributed by atoms with E-state index in [1.165, 1.54) is 18.2 Å². The van der Waals surface area contributed by atoms with E-state index < -0.39 is 5.82 Å². The molecule has 0 unspecified atom stereocenters. The molecule has 2 aromatic carbocycles. The maximum absolute atomic E-state index is 14.2. The van der Waals surface area contributed by atoms with Gasteiger partial charge < -0.3 is 20.7 Å². The third-order valence-electron chi connectivity index (χ3n) is 4.42. The van der Waals surface area contributed by atoms with Crippen LogP contribution in [0.1, 0.15) is 22.8 Å². The van der Waals surface area contributed by atoms with Gasteiger partial charge in [0, 0.05) is 25.7 Å². The molecule has 6 heteroatoms. The zero-order chi connectivity index (χ0) is 18.5. The predicted molar refractivity (Wildman–Crippen MR) is 99.0 cm³/mol. The molecule has 138 valence electrons. The first-order valence-corrected chi connectivity index (χ1v) is 8.86. The van der Waals surface area contributed by atoms with Crippen LogP contribution < -0.4 is 15.8 Å². The Bertz CT molecular complexity index is 764. The van der Waals surface area contributed by atoms with E-state index in [0.29, 0.717) is 37.7 Å². The normalized spacial score (nSPS) is 17.2. The summed E-state index contributed by atoms with van der Waals surface area (Å²) in [6, 6.07) is 12.0. The monoisotopic (exact) mass is 357 g/mol. The van der Waals surface area contributed by atoms with Gasteiger partial charge in [-0.1, -0.05) is 12.1 Å². The van der Waals surface area contributed by atoms with E-state index in [-0.39, 0.29) is 17.5 Å². The zero-order valence-electron chi connectivity index (χ0n) is 14.9. The van der Waals surface area contributed by atoms with Crippen LogP contribution >= 0.6 is 0 Å². The van der Waals surface area contributed by atoms with Crippen LogP contribution in [0.3, 0.4) is 0 Å². The van der Waals surface area contributed by atoms with Crippen molar-refractivity contribution in [1.29, 1.82) is 0 Å². The maximum Gasteiger partial charge on any atom is 0.257 e. The lowest BCUT2D eigenvalue weighted by Gasteiger charge is -2.32. The second-order valence-corrected chi connectivity index (χ2v) is 6.53. The van der Waals surface area contributed by atoms with Gasteiger partial charge in [0.2, 0.25) is 0 Å². The minimum absolute atomic E-state index is 0.0383. The third-order valence-corrected chi connectivity index (χ3v) is 4.42. The second-order valence-electron chi connectivity index (χ2n) is 6.53. The van der Waals surface area contributed by atoms with Crippen LogP contribution in [0.25, 0.3) is 0 Å². The highest BCUT2D eigenvalue weighted by Gasteiger charge is 2.24. The molecule has 0 spiro atoms. The van der Waals surface area contributed by atoms with Crippen molar-refractivity contribution in [2.24, 2.45) is 5.73 Å². The van der Waals surface area contributed by atoms with E-state index in [9.17, 15) is 9.18 Å². The van der Waals surface area contributed by atoms with Gasteiger partial charge in [0.1, 0.15) is 17.3 Å². The second kappa shape index (κ2) is 8.29. The third kappa shape index (κ3) is 4.39. The highest BCUT2D eigenvalue weighted by atomic mass is 19.1. The van der Waals surface area contributed by atoms with Crippen molar-refractivity contribution in [3.05, 3.63) is 59.4 Å². The lowest BCUT2D eigenvalue weighted by atomic mass is 10.1. The molecule has 0 aliphatic carbocycles. The smallest absolute Gasteiger partial charge is 0.257 e. The first-order valence-electron chi connectivity index (χ1n) is 8.86. The van der Waals surface area contributed by atoms with Crippen LogP contribution in [-0.4, -0.2) is 43.0 Å². The quantitative estimate of drug-likeness (QED) is 0.863. The average Bonchev–Trinajstić information content (AvgIpc) is 2.64. The molecule has 1 atom stereocenters. The predicted octanol–water partition coefficient (Wildman–Crippen LogP) is 2.55. The van der Waals surface area contributed by atoms with E-state index in [1.807, 2.05) is 31.2 Å². The maximum atomic E-state index is 14.2. The summed E-state index contributed by atoms with van der Waals surface area (Å²) in [7, 11) is 0. The molecule has 1 fully saturated rings. The molecule has 0 bridgehead atoms. The number of nitrogens with zero attached hydrogens (tertiary/aromatic N) is 1. The first kappa shape index (κ1) is 18.4. The molecule has 1 heterocycles. The van der Waals surface area contributed by atoms with Crippen LogP contribution in [0.15, 0.2) is 42.5 Å². The molecular formula is C20H24FN3O2. The Hall–Kier alpha value is -2.44. The summed E-state index contributed by atoms with van der Waals surface area (Å²) < 4.78 is 20.0. The number of nitrogens with one attached hydrogen (secondary N) is 1. The Balaban J connectivity index is 1.75. The van der Waals surface area contributed by atoms with Gasteiger partial charge in [-0.2, -0.15) is 0 Å². The first-order chi connectivity index (χ1) is 12.6. The highest BCUT2D eigenvalue weighted by Crippen LogP contribution is 2.25. The number of piperazine rings is 1. The van der Waals surface area contributed by atoms with Gasteiger partial charge in [0.15, 0.2) is 0 Å². The molecule has 0 aromatic heterocycles. The Morgan fingerprint density at radius 3 is 2.69 bits per heavy atom. The minimum atomic E-state index is -0.535. The molecule has 1 aliphatic heterocycles. The summed E-state index contributed by atoms with van der Waals surface area (Å²) in [4.78, 5) is 14.3. The molecule has 1 amide bonds. The highest BCUT2D eigenvalue weighted by molar-refractivity contribution is 5.95. The Labute approximate surface area is 152 Å². The molecule has 0 saturated carbocycles. The Morgan fingerprint density at radius 2 is 2.00 bits per heavy atom. The summed E-state index contributed by atoms with van der Waals surface area (Å²) in [6.07, 6.45) is 0.804. The minimum Gasteiger partial charge on any atom is -0.457 e. The Morgan fingerprint density at radius 1 is 1.27 bits per heavy atom. The standard InChI is InChI=1S/C20H24FN3O2/c1-14-13-24(11-10-23-14)20(25)18-12-17(6-7-19(18)21)26-16-4-2-15(3-5-16)8-9-22/h2-7,12,14,23H,8-11,13,22H2,1H3/t14-/m1/s1. The van der Waals surface area contributed by atoms with E-state index in [2.05, 4.69) is 5.32 Å². The van der Waals surface area contributed by atoms with Crippen LogP contribution in [0.2, 0.25) is 0 Å². The number of halogens is 1. The molecule has 26 heavy (non-hydrogen) atoms. The van der Waals surface area contributed by atoms with Crippen molar-refractivity contribution >= 4 is 5.91 Å². The lowest BCUT2D eigenvalue weighted by Crippen LogP contribution is -2.51. The summed E-state index contributed by atoms with van der Waals surface area (Å²) in [6.45, 7) is 4.43. The largest absolute Gasteiger partial charge is 0.457 e. The van der Waals surface area contributed by atoms with Crippen LogP contribution in [-0.2, 0) is 6.42 Å². The van der Waals surface area contributed by atoms with Crippen molar-refractivity contribution in [2.45, 2.75) is 19.4 Å². The molecule has 3 N–H and O–H groups in total. The Kier molecular flexibility index (Phi) is 5.85. The molecule has 5 nitrogen and oxygen atoms in total. The number of hydrogen-bond donors (Lipinski definition) is 2. The molecule has 2 aromatic rings.